The third kappa shape index (κ3) is 2.11. The van der Waals surface area contributed by atoms with Crippen LogP contribution < -0.4 is 5.32 Å². The third-order valence-corrected chi connectivity index (χ3v) is 2.81. The Hall–Kier alpha value is -1.29. The first-order valence-electron chi connectivity index (χ1n) is 5.11. The average Bonchev–Trinajstić information content (AvgIpc) is 2.58. The molecule has 0 saturated heterocycles. The van der Waals surface area contributed by atoms with Crippen LogP contribution in [-0.4, -0.2) is 16.6 Å². The van der Waals surface area contributed by atoms with Crippen LogP contribution in [0.2, 0.25) is 0 Å². The lowest BCUT2D eigenvalue weighted by molar-refractivity contribution is 1.05. The van der Waals surface area contributed by atoms with Gasteiger partial charge in [0.05, 0.1) is 5.69 Å². The number of imidazole rings is 1. The molecule has 3 nitrogen and oxygen atoms in total. The molecule has 0 fully saturated rings. The van der Waals surface area contributed by atoms with Crippen molar-refractivity contribution in [1.82, 2.24) is 9.55 Å². The summed E-state index contributed by atoms with van der Waals surface area (Å²) in [5.74, 6) is 0.856. The van der Waals surface area contributed by atoms with E-state index in [0.29, 0.717) is 0 Å². The minimum Gasteiger partial charge on any atom is -0.358 e. The number of rotatable bonds is 2. The monoisotopic (exact) mass is 279 g/mol. The highest BCUT2D eigenvalue weighted by Gasteiger charge is 2.06. The second-order valence-corrected chi connectivity index (χ2v) is 4.73. The number of anilines is 1. The minimum absolute atomic E-state index is 0.856. The molecule has 84 valence electrons. The zero-order valence-electron chi connectivity index (χ0n) is 9.58. The van der Waals surface area contributed by atoms with Gasteiger partial charge < -0.3 is 5.32 Å². The predicted molar refractivity (Wildman–Crippen MR) is 70.3 cm³/mol. The number of nitrogens with zero attached hydrogens (tertiary/aromatic N) is 2. The fourth-order valence-corrected chi connectivity index (χ4v) is 2.32. The third-order valence-electron chi connectivity index (χ3n) is 2.36. The predicted octanol–water partition coefficient (Wildman–Crippen LogP) is 3.29. The van der Waals surface area contributed by atoms with Crippen molar-refractivity contribution >= 4 is 21.9 Å². The van der Waals surface area contributed by atoms with E-state index in [1.54, 1.807) is 0 Å². The summed E-state index contributed by atoms with van der Waals surface area (Å²) in [6.07, 6.45) is 2.02. The van der Waals surface area contributed by atoms with Crippen molar-refractivity contribution in [2.24, 2.45) is 0 Å². The Balaban J connectivity index is 2.57. The molecule has 1 heterocycles. The maximum absolute atomic E-state index is 4.40. The van der Waals surface area contributed by atoms with E-state index < -0.39 is 0 Å². The van der Waals surface area contributed by atoms with Crippen molar-refractivity contribution in [2.45, 2.75) is 13.8 Å². The van der Waals surface area contributed by atoms with Crippen LogP contribution in [0.3, 0.4) is 0 Å². The fraction of sp³-hybridized carbons (Fsp3) is 0.250. The van der Waals surface area contributed by atoms with Gasteiger partial charge in [0.1, 0.15) is 0 Å². The Morgan fingerprint density at radius 1 is 1.25 bits per heavy atom. The largest absolute Gasteiger partial charge is 0.358 e. The zero-order chi connectivity index (χ0) is 11.7. The van der Waals surface area contributed by atoms with Gasteiger partial charge in [0.15, 0.2) is 0 Å². The van der Waals surface area contributed by atoms with Gasteiger partial charge in [0.25, 0.3) is 0 Å². The first-order valence-corrected chi connectivity index (χ1v) is 5.91. The number of benzene rings is 1. The van der Waals surface area contributed by atoms with Gasteiger partial charge in [-0.25, -0.2) is 4.98 Å². The van der Waals surface area contributed by atoms with Crippen molar-refractivity contribution in [1.29, 1.82) is 0 Å². The highest BCUT2D eigenvalue weighted by atomic mass is 79.9. The SMILES string of the molecule is CNc1nc(C)cn1-c1cc(C)cc(Br)c1. The highest BCUT2D eigenvalue weighted by molar-refractivity contribution is 9.10. The van der Waals surface area contributed by atoms with Crippen molar-refractivity contribution in [3.63, 3.8) is 0 Å². The molecule has 0 bridgehead atoms. The van der Waals surface area contributed by atoms with Crippen LogP contribution in [0.5, 0.6) is 0 Å². The normalized spacial score (nSPS) is 10.5. The molecule has 1 N–H and O–H groups in total. The summed E-state index contributed by atoms with van der Waals surface area (Å²) in [5.41, 5.74) is 3.33. The fourth-order valence-electron chi connectivity index (χ4n) is 1.73. The first kappa shape index (κ1) is 11.2. The summed E-state index contributed by atoms with van der Waals surface area (Å²) in [4.78, 5) is 4.40. The zero-order valence-corrected chi connectivity index (χ0v) is 11.2. The van der Waals surface area contributed by atoms with Gasteiger partial charge in [-0.1, -0.05) is 15.9 Å². The summed E-state index contributed by atoms with van der Waals surface area (Å²) >= 11 is 3.51. The van der Waals surface area contributed by atoms with Crippen molar-refractivity contribution in [3.8, 4) is 5.69 Å². The molecule has 0 unspecified atom stereocenters. The van der Waals surface area contributed by atoms with E-state index in [1.807, 2.05) is 24.7 Å². The maximum Gasteiger partial charge on any atom is 0.207 e. The smallest absolute Gasteiger partial charge is 0.207 e. The Morgan fingerprint density at radius 3 is 2.62 bits per heavy atom. The minimum atomic E-state index is 0.856. The van der Waals surface area contributed by atoms with E-state index in [2.05, 4.69) is 51.4 Å². The van der Waals surface area contributed by atoms with Gasteiger partial charge in [0.2, 0.25) is 5.95 Å². The lowest BCUT2D eigenvalue weighted by Gasteiger charge is -2.08. The summed E-state index contributed by atoms with van der Waals surface area (Å²) < 4.78 is 3.13. The van der Waals surface area contributed by atoms with Crippen LogP contribution in [0.15, 0.2) is 28.9 Å². The highest BCUT2D eigenvalue weighted by Crippen LogP contribution is 2.21. The van der Waals surface area contributed by atoms with Crippen LogP contribution in [0, 0.1) is 13.8 Å². The molecular formula is C12H14BrN3. The molecule has 0 amide bonds. The molecule has 0 radical (unpaired) electrons. The lowest BCUT2D eigenvalue weighted by Crippen LogP contribution is -2.00. The summed E-state index contributed by atoms with van der Waals surface area (Å²) in [6, 6.07) is 6.30. The molecule has 0 saturated carbocycles. The number of aryl methyl sites for hydroxylation is 2. The maximum atomic E-state index is 4.40. The second-order valence-electron chi connectivity index (χ2n) is 3.81. The molecule has 16 heavy (non-hydrogen) atoms. The van der Waals surface area contributed by atoms with Gasteiger partial charge in [-0.05, 0) is 37.6 Å². The molecule has 0 aliphatic carbocycles. The van der Waals surface area contributed by atoms with Crippen LogP contribution >= 0.6 is 15.9 Å². The molecule has 2 aromatic rings. The van der Waals surface area contributed by atoms with Gasteiger partial charge in [-0.15, -0.1) is 0 Å². The number of hydrogen-bond donors (Lipinski definition) is 1. The summed E-state index contributed by atoms with van der Waals surface area (Å²) in [5, 5.41) is 3.09. The molecule has 0 spiro atoms. The average molecular weight is 280 g/mol. The quantitative estimate of drug-likeness (QED) is 0.914. The molecule has 1 aromatic carbocycles. The molecule has 4 heteroatoms. The van der Waals surface area contributed by atoms with Gasteiger partial charge in [-0.3, -0.25) is 4.57 Å². The summed E-state index contributed by atoms with van der Waals surface area (Å²) in [7, 11) is 1.88. The second kappa shape index (κ2) is 4.29. The molecule has 0 aliphatic rings. The van der Waals surface area contributed by atoms with E-state index >= 15 is 0 Å². The van der Waals surface area contributed by atoms with Crippen LogP contribution in [0.4, 0.5) is 5.95 Å². The van der Waals surface area contributed by atoms with Crippen molar-refractivity contribution in [3.05, 3.63) is 40.1 Å². The number of nitrogens with one attached hydrogen (secondary N) is 1. The molecule has 0 aliphatic heterocycles. The van der Waals surface area contributed by atoms with Crippen molar-refractivity contribution in [2.75, 3.05) is 12.4 Å². The van der Waals surface area contributed by atoms with E-state index in [0.717, 1.165) is 21.8 Å². The number of hydrogen-bond acceptors (Lipinski definition) is 2. The van der Waals surface area contributed by atoms with Crippen LogP contribution in [-0.2, 0) is 0 Å². The Kier molecular flexibility index (Phi) is 3.01. The Bertz CT molecular complexity index is 497. The standard InChI is InChI=1S/C12H14BrN3/c1-8-4-10(13)6-11(5-8)16-7-9(2)15-12(16)14-3/h4-7H,1-3H3,(H,14,15). The van der Waals surface area contributed by atoms with Gasteiger partial charge in [0, 0.05) is 23.4 Å². The Morgan fingerprint density at radius 2 is 2.00 bits per heavy atom. The van der Waals surface area contributed by atoms with Crippen LogP contribution in [0.25, 0.3) is 5.69 Å². The van der Waals surface area contributed by atoms with E-state index in [-0.39, 0.29) is 0 Å². The molecule has 2 rings (SSSR count). The van der Waals surface area contributed by atoms with E-state index in [1.165, 1.54) is 5.56 Å². The molecular weight excluding hydrogens is 266 g/mol. The van der Waals surface area contributed by atoms with Gasteiger partial charge in [-0.2, -0.15) is 0 Å². The first-order chi connectivity index (χ1) is 7.60. The number of halogens is 1. The Labute approximate surface area is 104 Å². The molecule has 1 aromatic heterocycles. The lowest BCUT2D eigenvalue weighted by atomic mass is 10.2. The van der Waals surface area contributed by atoms with Gasteiger partial charge >= 0.3 is 0 Å². The molecule has 0 atom stereocenters. The van der Waals surface area contributed by atoms with Crippen LogP contribution in [0.1, 0.15) is 11.3 Å². The number of aromatic nitrogens is 2. The summed E-state index contributed by atoms with van der Waals surface area (Å²) in [6.45, 7) is 4.07. The topological polar surface area (TPSA) is 29.9 Å². The van der Waals surface area contributed by atoms with E-state index in [4.69, 9.17) is 0 Å². The van der Waals surface area contributed by atoms with Crippen molar-refractivity contribution < 1.29 is 0 Å². The van der Waals surface area contributed by atoms with E-state index in [9.17, 15) is 0 Å².